The molecule has 0 unspecified atom stereocenters. The van der Waals surface area contributed by atoms with Crippen molar-refractivity contribution in [2.45, 2.75) is 13.2 Å². The number of methoxy groups -OCH3 is 1. The average molecular weight is 483 g/mol. The number of ketones is 1. The Labute approximate surface area is 209 Å². The van der Waals surface area contributed by atoms with Gasteiger partial charge in [-0.25, -0.2) is 0 Å². The molecule has 4 aromatic rings. The number of hydrogen-bond donors (Lipinski definition) is 2. The van der Waals surface area contributed by atoms with Crippen LogP contribution in [0.25, 0.3) is 6.08 Å². The normalized spacial score (nSPS) is 10.8. The van der Waals surface area contributed by atoms with Gasteiger partial charge in [0.15, 0.2) is 17.3 Å². The second kappa shape index (κ2) is 11.6. The van der Waals surface area contributed by atoms with E-state index in [0.29, 0.717) is 23.7 Å². The lowest BCUT2D eigenvalue weighted by Crippen LogP contribution is -2.04. The van der Waals surface area contributed by atoms with Gasteiger partial charge >= 0.3 is 0 Å². The van der Waals surface area contributed by atoms with Crippen LogP contribution < -0.4 is 14.2 Å². The molecular formula is C30H26O6. The van der Waals surface area contributed by atoms with E-state index in [2.05, 4.69) is 0 Å². The molecule has 2 N–H and O–H groups in total. The van der Waals surface area contributed by atoms with E-state index in [9.17, 15) is 15.0 Å². The molecule has 0 bridgehead atoms. The summed E-state index contributed by atoms with van der Waals surface area (Å²) in [6.45, 7) is 0.510. The lowest BCUT2D eigenvalue weighted by atomic mass is 10.1. The minimum Gasteiger partial charge on any atom is -0.507 e. The van der Waals surface area contributed by atoms with Crippen molar-refractivity contribution in [1.82, 2.24) is 0 Å². The zero-order chi connectivity index (χ0) is 25.3. The number of aromatic hydroxyl groups is 2. The van der Waals surface area contributed by atoms with Crippen LogP contribution in [0.1, 0.15) is 27.0 Å². The minimum atomic E-state index is -0.447. The maximum Gasteiger partial charge on any atom is 0.193 e. The molecule has 0 atom stereocenters. The number of allylic oxidation sites excluding steroid dienone is 1. The van der Waals surface area contributed by atoms with Crippen molar-refractivity contribution in [2.75, 3.05) is 7.11 Å². The Morgan fingerprint density at radius 1 is 0.750 bits per heavy atom. The monoisotopic (exact) mass is 482 g/mol. The van der Waals surface area contributed by atoms with Crippen molar-refractivity contribution in [2.24, 2.45) is 0 Å². The highest BCUT2D eigenvalue weighted by atomic mass is 16.5. The van der Waals surface area contributed by atoms with E-state index in [0.717, 1.165) is 11.1 Å². The van der Waals surface area contributed by atoms with Crippen LogP contribution in [-0.2, 0) is 13.2 Å². The fraction of sp³-hybridized carbons (Fsp3) is 0.100. The quantitative estimate of drug-likeness (QED) is 0.208. The molecule has 0 heterocycles. The van der Waals surface area contributed by atoms with Crippen LogP contribution in [0.2, 0.25) is 0 Å². The minimum absolute atomic E-state index is 0.00121. The van der Waals surface area contributed by atoms with Gasteiger partial charge in [0.25, 0.3) is 0 Å². The molecule has 4 aromatic carbocycles. The molecule has 6 nitrogen and oxygen atoms in total. The maximum atomic E-state index is 13.1. The number of benzene rings is 4. The smallest absolute Gasteiger partial charge is 0.193 e. The van der Waals surface area contributed by atoms with Gasteiger partial charge in [0.2, 0.25) is 0 Å². The first-order valence-electron chi connectivity index (χ1n) is 11.3. The van der Waals surface area contributed by atoms with Gasteiger partial charge in [0.1, 0.15) is 36.0 Å². The Morgan fingerprint density at radius 2 is 1.39 bits per heavy atom. The fourth-order valence-electron chi connectivity index (χ4n) is 3.55. The summed E-state index contributed by atoms with van der Waals surface area (Å²) in [5.74, 6) is 0.183. The summed E-state index contributed by atoms with van der Waals surface area (Å²) in [6.07, 6.45) is 2.91. The summed E-state index contributed by atoms with van der Waals surface area (Å²) in [5, 5.41) is 20.6. The fourth-order valence-corrected chi connectivity index (χ4v) is 3.55. The molecule has 0 saturated heterocycles. The summed E-state index contributed by atoms with van der Waals surface area (Å²) < 4.78 is 16.9. The third kappa shape index (κ3) is 6.24. The molecule has 0 radical (unpaired) electrons. The Balaban J connectivity index is 1.60. The van der Waals surface area contributed by atoms with Crippen LogP contribution >= 0.6 is 0 Å². The third-order valence-corrected chi connectivity index (χ3v) is 5.42. The number of carbonyl (C=O) groups excluding carboxylic acids is 1. The van der Waals surface area contributed by atoms with Crippen molar-refractivity contribution in [1.29, 1.82) is 0 Å². The van der Waals surface area contributed by atoms with E-state index in [-0.39, 0.29) is 29.4 Å². The van der Waals surface area contributed by atoms with Crippen molar-refractivity contribution in [3.63, 3.8) is 0 Å². The summed E-state index contributed by atoms with van der Waals surface area (Å²) in [4.78, 5) is 13.1. The SMILES string of the molecule is COc1cc(/C=C/C(=O)c2c(O)cc(OCc3ccccc3)cc2OCc2ccccc2)ccc1O. The molecule has 0 saturated carbocycles. The number of phenols is 2. The lowest BCUT2D eigenvalue weighted by molar-refractivity contribution is 0.104. The Kier molecular flexibility index (Phi) is 7.88. The topological polar surface area (TPSA) is 85.2 Å². The molecule has 0 aliphatic carbocycles. The van der Waals surface area contributed by atoms with Crippen LogP contribution in [0.3, 0.4) is 0 Å². The molecule has 0 fully saturated rings. The lowest BCUT2D eigenvalue weighted by Gasteiger charge is -2.15. The van der Waals surface area contributed by atoms with E-state index in [1.807, 2.05) is 60.7 Å². The van der Waals surface area contributed by atoms with Crippen LogP contribution in [-0.4, -0.2) is 23.1 Å². The van der Waals surface area contributed by atoms with Crippen molar-refractivity contribution >= 4 is 11.9 Å². The van der Waals surface area contributed by atoms with Gasteiger partial charge < -0.3 is 24.4 Å². The van der Waals surface area contributed by atoms with Gasteiger partial charge in [0.05, 0.1) is 7.11 Å². The third-order valence-electron chi connectivity index (χ3n) is 5.42. The molecule has 0 aliphatic rings. The number of phenolic OH excluding ortho intramolecular Hbond substituents is 2. The van der Waals surface area contributed by atoms with Gasteiger partial charge in [-0.05, 0) is 34.9 Å². The second-order valence-corrected chi connectivity index (χ2v) is 7.99. The number of rotatable bonds is 10. The van der Waals surface area contributed by atoms with Crippen molar-refractivity contribution in [3.8, 4) is 28.7 Å². The van der Waals surface area contributed by atoms with Crippen LogP contribution in [0.4, 0.5) is 0 Å². The molecule has 182 valence electrons. The first-order valence-corrected chi connectivity index (χ1v) is 11.3. The first-order chi connectivity index (χ1) is 17.5. The van der Waals surface area contributed by atoms with Gasteiger partial charge in [-0.3, -0.25) is 4.79 Å². The Bertz CT molecular complexity index is 1350. The molecule has 0 amide bonds. The van der Waals surface area contributed by atoms with E-state index < -0.39 is 5.78 Å². The molecule has 4 rings (SSSR count). The van der Waals surface area contributed by atoms with Crippen LogP contribution in [0.15, 0.2) is 97.1 Å². The van der Waals surface area contributed by atoms with E-state index in [1.165, 1.54) is 25.3 Å². The van der Waals surface area contributed by atoms with Gasteiger partial charge in [-0.2, -0.15) is 0 Å². The Hall–Kier alpha value is -4.71. The standard InChI is InChI=1S/C30H26O6/c1-34-28-16-21(12-14-25(28)31)13-15-26(32)30-27(33)17-24(35-19-22-8-4-2-5-9-22)18-29(30)36-20-23-10-6-3-7-11-23/h2-18,31,33H,19-20H2,1H3/b15-13+. The summed E-state index contributed by atoms with van der Waals surface area (Å²) >= 11 is 0. The molecule has 36 heavy (non-hydrogen) atoms. The number of carbonyl (C=O) groups is 1. The summed E-state index contributed by atoms with van der Waals surface area (Å²) in [6, 6.07) is 26.9. The van der Waals surface area contributed by atoms with Gasteiger partial charge in [0, 0.05) is 12.1 Å². The highest BCUT2D eigenvalue weighted by Crippen LogP contribution is 2.35. The second-order valence-electron chi connectivity index (χ2n) is 7.99. The Morgan fingerprint density at radius 3 is 2.03 bits per heavy atom. The van der Waals surface area contributed by atoms with Crippen molar-refractivity contribution < 1.29 is 29.2 Å². The average Bonchev–Trinajstić information content (AvgIpc) is 2.91. The molecule has 0 spiro atoms. The molecular weight excluding hydrogens is 456 g/mol. The first kappa shape index (κ1) is 24.4. The molecule has 6 heteroatoms. The van der Waals surface area contributed by atoms with Crippen molar-refractivity contribution in [3.05, 3.63) is 119 Å². The number of hydrogen-bond acceptors (Lipinski definition) is 6. The summed E-state index contributed by atoms with van der Waals surface area (Å²) in [7, 11) is 1.45. The summed E-state index contributed by atoms with van der Waals surface area (Å²) in [5.41, 5.74) is 2.56. The molecule has 0 aliphatic heterocycles. The van der Waals surface area contributed by atoms with E-state index >= 15 is 0 Å². The highest BCUT2D eigenvalue weighted by molar-refractivity contribution is 6.10. The zero-order valence-corrected chi connectivity index (χ0v) is 19.8. The van der Waals surface area contributed by atoms with Crippen LogP contribution in [0, 0.1) is 0 Å². The number of ether oxygens (including phenoxy) is 3. The predicted molar refractivity (Wildman–Crippen MR) is 138 cm³/mol. The van der Waals surface area contributed by atoms with Crippen LogP contribution in [0.5, 0.6) is 28.7 Å². The zero-order valence-electron chi connectivity index (χ0n) is 19.8. The van der Waals surface area contributed by atoms with Gasteiger partial charge in [-0.1, -0.05) is 72.8 Å². The van der Waals surface area contributed by atoms with E-state index in [1.54, 1.807) is 24.3 Å². The predicted octanol–water partition coefficient (Wildman–Crippen LogP) is 6.16. The highest BCUT2D eigenvalue weighted by Gasteiger charge is 2.19. The van der Waals surface area contributed by atoms with Gasteiger partial charge in [-0.15, -0.1) is 0 Å². The largest absolute Gasteiger partial charge is 0.507 e. The molecule has 0 aromatic heterocycles. The van der Waals surface area contributed by atoms with E-state index in [4.69, 9.17) is 14.2 Å². The maximum absolute atomic E-state index is 13.1.